The summed E-state index contributed by atoms with van der Waals surface area (Å²) in [5.41, 5.74) is 1.85. The molecule has 0 aliphatic carbocycles. The van der Waals surface area contributed by atoms with E-state index in [2.05, 4.69) is 10.2 Å². The lowest BCUT2D eigenvalue weighted by Crippen LogP contribution is -2.33. The van der Waals surface area contributed by atoms with E-state index in [0.717, 1.165) is 55.2 Å². The molecule has 1 atom stereocenters. The van der Waals surface area contributed by atoms with Crippen molar-refractivity contribution in [1.82, 2.24) is 10.2 Å². The Bertz CT molecular complexity index is 678. The molecule has 0 radical (unpaired) electrons. The van der Waals surface area contributed by atoms with Gasteiger partial charge in [-0.25, -0.2) is 4.39 Å². The minimum absolute atomic E-state index is 0.123. The molecule has 1 aliphatic rings. The predicted octanol–water partition coefficient (Wildman–Crippen LogP) is 3.23. The third kappa shape index (κ3) is 3.94. The van der Waals surface area contributed by atoms with Gasteiger partial charge in [0, 0.05) is 19.6 Å². The molecule has 4 nitrogen and oxygen atoms in total. The number of nitrogens with zero attached hydrogens (tertiary/aromatic N) is 1. The molecule has 25 heavy (non-hydrogen) atoms. The van der Waals surface area contributed by atoms with Gasteiger partial charge in [0.25, 0.3) is 0 Å². The topological polar surface area (TPSA) is 33.7 Å². The maximum atomic E-state index is 14.0. The SMILES string of the molecule is COc1cccc(OC)c1C(c1cccc(F)c1)N1CCCNCC1. The van der Waals surface area contributed by atoms with Gasteiger partial charge < -0.3 is 14.8 Å². The highest BCUT2D eigenvalue weighted by Gasteiger charge is 2.29. The molecule has 0 amide bonds. The van der Waals surface area contributed by atoms with Gasteiger partial charge in [-0.2, -0.15) is 0 Å². The monoisotopic (exact) mass is 344 g/mol. The van der Waals surface area contributed by atoms with Crippen LogP contribution < -0.4 is 14.8 Å². The summed E-state index contributed by atoms with van der Waals surface area (Å²) in [5, 5.41) is 3.43. The van der Waals surface area contributed by atoms with Gasteiger partial charge in [-0.1, -0.05) is 18.2 Å². The first-order chi connectivity index (χ1) is 12.2. The number of hydrogen-bond acceptors (Lipinski definition) is 4. The minimum Gasteiger partial charge on any atom is -0.496 e. The third-order valence-corrected chi connectivity index (χ3v) is 4.64. The molecule has 3 rings (SSSR count). The Labute approximate surface area is 148 Å². The molecule has 1 unspecified atom stereocenters. The molecular weight excluding hydrogens is 319 g/mol. The van der Waals surface area contributed by atoms with Gasteiger partial charge in [0.15, 0.2) is 0 Å². The van der Waals surface area contributed by atoms with Crippen molar-refractivity contribution in [1.29, 1.82) is 0 Å². The molecule has 1 heterocycles. The van der Waals surface area contributed by atoms with E-state index in [0.29, 0.717) is 0 Å². The fraction of sp³-hybridized carbons (Fsp3) is 0.400. The van der Waals surface area contributed by atoms with Gasteiger partial charge in [-0.3, -0.25) is 4.90 Å². The summed E-state index contributed by atoms with van der Waals surface area (Å²) in [6.07, 6.45) is 1.04. The van der Waals surface area contributed by atoms with Gasteiger partial charge in [0.1, 0.15) is 17.3 Å². The van der Waals surface area contributed by atoms with Gasteiger partial charge in [-0.15, -0.1) is 0 Å². The minimum atomic E-state index is -0.232. The number of halogens is 1. The van der Waals surface area contributed by atoms with E-state index in [4.69, 9.17) is 9.47 Å². The molecule has 1 saturated heterocycles. The molecule has 1 N–H and O–H groups in total. The van der Waals surface area contributed by atoms with Crippen LogP contribution in [0.15, 0.2) is 42.5 Å². The van der Waals surface area contributed by atoms with E-state index in [9.17, 15) is 4.39 Å². The van der Waals surface area contributed by atoms with Crippen LogP contribution in [-0.2, 0) is 0 Å². The van der Waals surface area contributed by atoms with E-state index < -0.39 is 0 Å². The van der Waals surface area contributed by atoms with E-state index in [1.54, 1.807) is 26.4 Å². The first-order valence-electron chi connectivity index (χ1n) is 8.65. The summed E-state index contributed by atoms with van der Waals surface area (Å²) in [7, 11) is 3.32. The highest BCUT2D eigenvalue weighted by molar-refractivity contribution is 5.50. The zero-order valence-electron chi connectivity index (χ0n) is 14.8. The zero-order valence-corrected chi connectivity index (χ0v) is 14.8. The van der Waals surface area contributed by atoms with Crippen LogP contribution in [0.2, 0.25) is 0 Å². The Balaban J connectivity index is 2.14. The Kier molecular flexibility index (Phi) is 5.89. The van der Waals surface area contributed by atoms with Crippen LogP contribution >= 0.6 is 0 Å². The molecule has 2 aromatic carbocycles. The largest absolute Gasteiger partial charge is 0.496 e. The lowest BCUT2D eigenvalue weighted by Gasteiger charge is -2.33. The average Bonchev–Trinajstić information content (AvgIpc) is 2.91. The van der Waals surface area contributed by atoms with Crippen LogP contribution in [0.1, 0.15) is 23.6 Å². The number of methoxy groups -OCH3 is 2. The molecule has 5 heteroatoms. The van der Waals surface area contributed by atoms with E-state index in [-0.39, 0.29) is 11.9 Å². The summed E-state index contributed by atoms with van der Waals surface area (Å²) < 4.78 is 25.2. The van der Waals surface area contributed by atoms with Crippen LogP contribution in [-0.4, -0.2) is 45.3 Å². The number of ether oxygens (including phenoxy) is 2. The summed E-state index contributed by atoms with van der Waals surface area (Å²) in [4.78, 5) is 2.37. The Hall–Kier alpha value is -2.11. The van der Waals surface area contributed by atoms with Crippen LogP contribution in [0.25, 0.3) is 0 Å². The van der Waals surface area contributed by atoms with E-state index >= 15 is 0 Å². The van der Waals surface area contributed by atoms with Gasteiger partial charge in [0.2, 0.25) is 0 Å². The molecule has 1 aliphatic heterocycles. The summed E-state index contributed by atoms with van der Waals surface area (Å²) in [6, 6.07) is 12.5. The van der Waals surface area contributed by atoms with Crippen LogP contribution in [0.3, 0.4) is 0 Å². The number of rotatable bonds is 5. The fourth-order valence-corrected chi connectivity index (χ4v) is 3.51. The third-order valence-electron chi connectivity index (χ3n) is 4.64. The lowest BCUT2D eigenvalue weighted by atomic mass is 9.94. The van der Waals surface area contributed by atoms with Crippen molar-refractivity contribution < 1.29 is 13.9 Å². The molecule has 2 aromatic rings. The molecule has 134 valence electrons. The number of benzene rings is 2. The summed E-state index contributed by atoms with van der Waals surface area (Å²) >= 11 is 0. The van der Waals surface area contributed by atoms with Crippen LogP contribution in [0.4, 0.5) is 4.39 Å². The quantitative estimate of drug-likeness (QED) is 0.903. The lowest BCUT2D eigenvalue weighted by molar-refractivity contribution is 0.230. The van der Waals surface area contributed by atoms with E-state index in [1.807, 2.05) is 24.3 Å². The van der Waals surface area contributed by atoms with Crippen LogP contribution in [0, 0.1) is 5.82 Å². The van der Waals surface area contributed by atoms with Crippen LogP contribution in [0.5, 0.6) is 11.5 Å². The Morgan fingerprint density at radius 1 is 1.00 bits per heavy atom. The Morgan fingerprint density at radius 3 is 2.40 bits per heavy atom. The first kappa shape index (κ1) is 17.7. The van der Waals surface area contributed by atoms with E-state index in [1.165, 1.54) is 6.07 Å². The zero-order chi connectivity index (χ0) is 17.6. The highest BCUT2D eigenvalue weighted by atomic mass is 19.1. The van der Waals surface area contributed by atoms with Crippen molar-refractivity contribution in [2.45, 2.75) is 12.5 Å². The normalized spacial score (nSPS) is 16.9. The van der Waals surface area contributed by atoms with Crippen molar-refractivity contribution in [3.63, 3.8) is 0 Å². The maximum absolute atomic E-state index is 14.0. The van der Waals surface area contributed by atoms with Gasteiger partial charge in [0.05, 0.1) is 25.8 Å². The average molecular weight is 344 g/mol. The molecule has 1 fully saturated rings. The Morgan fingerprint density at radius 2 is 1.72 bits per heavy atom. The van der Waals surface area contributed by atoms with Crippen molar-refractivity contribution in [2.24, 2.45) is 0 Å². The molecule has 0 aromatic heterocycles. The molecule has 0 spiro atoms. The van der Waals surface area contributed by atoms with Gasteiger partial charge in [-0.05, 0) is 42.8 Å². The number of nitrogens with one attached hydrogen (secondary N) is 1. The standard InChI is InChI=1S/C20H25FN2O2/c1-24-17-8-4-9-18(25-2)19(17)20(15-6-3-7-16(21)14-15)23-12-5-10-22-11-13-23/h3-4,6-9,14,20,22H,5,10-13H2,1-2H3. The summed E-state index contributed by atoms with van der Waals surface area (Å²) in [6.45, 7) is 3.70. The van der Waals surface area contributed by atoms with Crippen molar-refractivity contribution >= 4 is 0 Å². The smallest absolute Gasteiger partial charge is 0.127 e. The first-order valence-corrected chi connectivity index (χ1v) is 8.65. The molecular formula is C20H25FN2O2. The second kappa shape index (κ2) is 8.32. The predicted molar refractivity (Wildman–Crippen MR) is 96.8 cm³/mol. The summed E-state index contributed by atoms with van der Waals surface area (Å²) in [5.74, 6) is 1.28. The van der Waals surface area contributed by atoms with Crippen molar-refractivity contribution in [3.05, 3.63) is 59.4 Å². The molecule has 0 bridgehead atoms. The highest BCUT2D eigenvalue weighted by Crippen LogP contribution is 2.41. The number of hydrogen-bond donors (Lipinski definition) is 1. The van der Waals surface area contributed by atoms with Crippen molar-refractivity contribution in [2.75, 3.05) is 40.4 Å². The van der Waals surface area contributed by atoms with Crippen molar-refractivity contribution in [3.8, 4) is 11.5 Å². The molecule has 0 saturated carbocycles. The fourth-order valence-electron chi connectivity index (χ4n) is 3.51. The second-order valence-electron chi connectivity index (χ2n) is 6.17. The second-order valence-corrected chi connectivity index (χ2v) is 6.17. The maximum Gasteiger partial charge on any atom is 0.127 e. The van der Waals surface area contributed by atoms with Gasteiger partial charge >= 0.3 is 0 Å².